The summed E-state index contributed by atoms with van der Waals surface area (Å²) in [6.07, 6.45) is 3.86. The van der Waals surface area contributed by atoms with Crippen molar-refractivity contribution in [2.45, 2.75) is 35.9 Å². The molecule has 2 heterocycles. The van der Waals surface area contributed by atoms with Crippen molar-refractivity contribution in [3.05, 3.63) is 17.7 Å². The molecule has 1 fully saturated rings. The zero-order chi connectivity index (χ0) is 12.7. The fourth-order valence-electron chi connectivity index (χ4n) is 1.62. The Hall–Kier alpha value is -1.63. The van der Waals surface area contributed by atoms with Crippen molar-refractivity contribution in [2.24, 2.45) is 7.05 Å². The molecule has 94 valence electrons. The third-order valence-corrected chi connectivity index (χ3v) is 4.10. The highest BCUT2D eigenvalue weighted by atomic mass is 32.2. The van der Waals surface area contributed by atoms with Crippen LogP contribution in [0.15, 0.2) is 16.5 Å². The molecule has 3 rings (SSSR count). The van der Waals surface area contributed by atoms with Crippen LogP contribution in [0.1, 0.15) is 30.1 Å². The number of nitrogens with two attached hydrogens (primary N) is 1. The molecule has 0 unspecified atom stereocenters. The molecule has 0 radical (unpaired) electrons. The fourth-order valence-corrected chi connectivity index (χ4v) is 2.47. The molecule has 18 heavy (non-hydrogen) atoms. The predicted octanol–water partition coefficient (Wildman–Crippen LogP) is 1.52. The number of nitrogens with zero attached hydrogens (tertiary/aromatic N) is 5. The lowest BCUT2D eigenvalue weighted by atomic mass is 10.3. The van der Waals surface area contributed by atoms with Crippen LogP contribution in [0.3, 0.4) is 0 Å². The molecule has 0 saturated heterocycles. The Bertz CT molecular complexity index is 589. The lowest BCUT2D eigenvalue weighted by Crippen LogP contribution is -2.04. The minimum atomic E-state index is 0.492. The van der Waals surface area contributed by atoms with E-state index in [4.69, 9.17) is 5.73 Å². The van der Waals surface area contributed by atoms with Gasteiger partial charge in [-0.05, 0) is 31.5 Å². The summed E-state index contributed by atoms with van der Waals surface area (Å²) in [6, 6.07) is 0. The van der Waals surface area contributed by atoms with Crippen molar-refractivity contribution in [1.29, 1.82) is 0 Å². The minimum absolute atomic E-state index is 0.492. The molecule has 2 aromatic heterocycles. The van der Waals surface area contributed by atoms with Crippen molar-refractivity contribution in [3.63, 3.8) is 0 Å². The predicted molar refractivity (Wildman–Crippen MR) is 68.3 cm³/mol. The topological polar surface area (TPSA) is 82.5 Å². The Kier molecular flexibility index (Phi) is 2.70. The van der Waals surface area contributed by atoms with Gasteiger partial charge in [-0.2, -0.15) is 5.10 Å². The molecule has 0 spiro atoms. The Labute approximate surface area is 109 Å². The van der Waals surface area contributed by atoms with Gasteiger partial charge < -0.3 is 5.73 Å². The van der Waals surface area contributed by atoms with E-state index in [0.29, 0.717) is 11.7 Å². The van der Waals surface area contributed by atoms with Gasteiger partial charge in [0.2, 0.25) is 0 Å². The molecule has 7 heteroatoms. The summed E-state index contributed by atoms with van der Waals surface area (Å²) in [5.74, 6) is 1.92. The summed E-state index contributed by atoms with van der Waals surface area (Å²) in [5, 5.41) is 5.72. The number of nitrogen functional groups attached to an aromatic ring is 1. The van der Waals surface area contributed by atoms with Gasteiger partial charge in [0, 0.05) is 18.5 Å². The smallest absolute Gasteiger partial charge is 0.192 e. The van der Waals surface area contributed by atoms with E-state index in [-0.39, 0.29) is 0 Å². The Morgan fingerprint density at radius 3 is 2.78 bits per heavy atom. The van der Waals surface area contributed by atoms with E-state index >= 15 is 0 Å². The van der Waals surface area contributed by atoms with Gasteiger partial charge in [-0.15, -0.1) is 0 Å². The lowest BCUT2D eigenvalue weighted by Gasteiger charge is -2.08. The summed E-state index contributed by atoms with van der Waals surface area (Å²) < 4.78 is 1.72. The van der Waals surface area contributed by atoms with Crippen molar-refractivity contribution in [1.82, 2.24) is 24.7 Å². The zero-order valence-electron chi connectivity index (χ0n) is 10.3. The van der Waals surface area contributed by atoms with E-state index in [1.807, 2.05) is 14.0 Å². The molecule has 0 atom stereocenters. The summed E-state index contributed by atoms with van der Waals surface area (Å²) in [4.78, 5) is 13.1. The van der Waals surface area contributed by atoms with Gasteiger partial charge >= 0.3 is 0 Å². The molecule has 1 aliphatic carbocycles. The normalized spacial score (nSPS) is 15.0. The third-order valence-electron chi connectivity index (χ3n) is 2.96. The second kappa shape index (κ2) is 4.24. The monoisotopic (exact) mass is 262 g/mol. The van der Waals surface area contributed by atoms with Gasteiger partial charge in [0.25, 0.3) is 0 Å². The largest absolute Gasteiger partial charge is 0.383 e. The van der Waals surface area contributed by atoms with Crippen molar-refractivity contribution in [2.75, 3.05) is 5.73 Å². The molecule has 0 aromatic carbocycles. The van der Waals surface area contributed by atoms with Crippen LogP contribution >= 0.6 is 11.8 Å². The maximum atomic E-state index is 5.95. The molecule has 1 saturated carbocycles. The molecular weight excluding hydrogens is 248 g/mol. The van der Waals surface area contributed by atoms with Gasteiger partial charge in [0.1, 0.15) is 23.0 Å². The van der Waals surface area contributed by atoms with Crippen LogP contribution in [0.25, 0.3) is 0 Å². The molecule has 2 N–H and O–H groups in total. The van der Waals surface area contributed by atoms with Crippen molar-refractivity contribution in [3.8, 4) is 0 Å². The summed E-state index contributed by atoms with van der Waals surface area (Å²) >= 11 is 1.48. The highest BCUT2D eigenvalue weighted by molar-refractivity contribution is 7.99. The van der Waals surface area contributed by atoms with E-state index < -0.39 is 0 Å². The average Bonchev–Trinajstić information content (AvgIpc) is 3.11. The highest BCUT2D eigenvalue weighted by Crippen LogP contribution is 2.40. The Balaban J connectivity index is 1.97. The highest BCUT2D eigenvalue weighted by Gasteiger charge is 2.28. The maximum absolute atomic E-state index is 5.95. The molecule has 2 aromatic rings. The lowest BCUT2D eigenvalue weighted by molar-refractivity contribution is 0.684. The summed E-state index contributed by atoms with van der Waals surface area (Å²) in [6.45, 7) is 1.94. The average molecular weight is 262 g/mol. The molecule has 0 amide bonds. The maximum Gasteiger partial charge on any atom is 0.192 e. The van der Waals surface area contributed by atoms with Gasteiger partial charge in [0.05, 0.1) is 0 Å². The van der Waals surface area contributed by atoms with E-state index in [1.165, 1.54) is 18.1 Å². The second-order valence-electron chi connectivity index (χ2n) is 4.44. The van der Waals surface area contributed by atoms with Crippen LogP contribution in [0.4, 0.5) is 5.82 Å². The molecule has 6 nitrogen and oxygen atoms in total. The van der Waals surface area contributed by atoms with E-state index in [1.54, 1.807) is 4.68 Å². The quantitative estimate of drug-likeness (QED) is 0.844. The first-order chi connectivity index (χ1) is 8.65. The van der Waals surface area contributed by atoms with Crippen molar-refractivity contribution >= 4 is 17.6 Å². The first-order valence-corrected chi connectivity index (χ1v) is 6.62. The van der Waals surface area contributed by atoms with E-state index in [9.17, 15) is 0 Å². The molecule has 1 aliphatic rings. The number of aromatic nitrogens is 5. The van der Waals surface area contributed by atoms with E-state index in [2.05, 4.69) is 20.1 Å². The van der Waals surface area contributed by atoms with Crippen LogP contribution in [-0.2, 0) is 7.05 Å². The molecular formula is C11H14N6S. The number of aryl methyl sites for hydroxylation is 1. The molecule has 0 bridgehead atoms. The number of anilines is 1. The zero-order valence-corrected chi connectivity index (χ0v) is 11.1. The summed E-state index contributed by atoms with van der Waals surface area (Å²) in [7, 11) is 1.86. The summed E-state index contributed by atoms with van der Waals surface area (Å²) in [5.41, 5.74) is 6.86. The van der Waals surface area contributed by atoms with Gasteiger partial charge in [-0.1, -0.05) is 0 Å². The fraction of sp³-hybridized carbons (Fsp3) is 0.455. The van der Waals surface area contributed by atoms with Crippen molar-refractivity contribution < 1.29 is 0 Å². The van der Waals surface area contributed by atoms with Crippen LogP contribution < -0.4 is 5.73 Å². The Morgan fingerprint density at radius 1 is 1.39 bits per heavy atom. The minimum Gasteiger partial charge on any atom is -0.383 e. The number of rotatable bonds is 3. The van der Waals surface area contributed by atoms with Crippen LogP contribution in [-0.4, -0.2) is 24.7 Å². The van der Waals surface area contributed by atoms with Crippen LogP contribution in [0.5, 0.6) is 0 Å². The molecule has 0 aliphatic heterocycles. The van der Waals surface area contributed by atoms with Gasteiger partial charge in [0.15, 0.2) is 5.16 Å². The van der Waals surface area contributed by atoms with Gasteiger partial charge in [-0.25, -0.2) is 19.6 Å². The number of hydrogen-bond donors (Lipinski definition) is 1. The first-order valence-electron chi connectivity index (χ1n) is 5.81. The van der Waals surface area contributed by atoms with Crippen LogP contribution in [0.2, 0.25) is 0 Å². The van der Waals surface area contributed by atoms with Gasteiger partial charge in [-0.3, -0.25) is 0 Å². The third kappa shape index (κ3) is 2.05. The standard InChI is InChI=1S/C11H14N6S/c1-6-8(12)15-9(7-3-4-7)16-10(6)18-11-13-5-14-17(11)2/h5,7H,3-4H2,1-2H3,(H2,12,15,16). The number of hydrogen-bond acceptors (Lipinski definition) is 6. The SMILES string of the molecule is Cc1c(N)nc(C2CC2)nc1Sc1ncnn1C. The van der Waals surface area contributed by atoms with Crippen LogP contribution in [0, 0.1) is 6.92 Å². The Morgan fingerprint density at radius 2 is 2.17 bits per heavy atom. The second-order valence-corrected chi connectivity index (χ2v) is 5.40. The first kappa shape index (κ1) is 11.5. The van der Waals surface area contributed by atoms with E-state index in [0.717, 1.165) is 34.4 Å².